The number of piperidine rings is 1. The van der Waals surface area contributed by atoms with Crippen LogP contribution in [0.4, 0.5) is 10.5 Å². The lowest BCUT2D eigenvalue weighted by Gasteiger charge is -2.31. The SMILES string of the molecule is CN(C)c1cccc(C(=O)NCC2CCN(C(=O)Oc3ccccc3)CC2)c1. The third-order valence-corrected chi connectivity index (χ3v) is 5.00. The maximum Gasteiger partial charge on any atom is 0.415 e. The second-order valence-corrected chi connectivity index (χ2v) is 7.27. The predicted molar refractivity (Wildman–Crippen MR) is 110 cm³/mol. The number of nitrogens with zero attached hydrogens (tertiary/aromatic N) is 2. The highest BCUT2D eigenvalue weighted by Crippen LogP contribution is 2.19. The molecule has 3 rings (SSSR count). The van der Waals surface area contributed by atoms with Gasteiger partial charge >= 0.3 is 6.09 Å². The molecule has 1 aliphatic rings. The number of carbonyl (C=O) groups excluding carboxylic acids is 2. The first-order valence-corrected chi connectivity index (χ1v) is 9.60. The number of carbonyl (C=O) groups is 2. The van der Waals surface area contributed by atoms with E-state index in [0.717, 1.165) is 18.5 Å². The number of para-hydroxylation sites is 1. The fourth-order valence-corrected chi connectivity index (χ4v) is 3.24. The number of ether oxygens (including phenoxy) is 1. The second-order valence-electron chi connectivity index (χ2n) is 7.27. The highest BCUT2D eigenvalue weighted by molar-refractivity contribution is 5.95. The van der Waals surface area contributed by atoms with Gasteiger partial charge in [-0.05, 0) is 49.1 Å². The molecule has 6 nitrogen and oxygen atoms in total. The molecule has 0 unspecified atom stereocenters. The molecule has 2 aromatic carbocycles. The van der Waals surface area contributed by atoms with Crippen molar-refractivity contribution in [3.8, 4) is 5.75 Å². The van der Waals surface area contributed by atoms with Crippen LogP contribution in [0.3, 0.4) is 0 Å². The molecule has 1 N–H and O–H groups in total. The van der Waals surface area contributed by atoms with Crippen molar-refractivity contribution in [1.82, 2.24) is 10.2 Å². The molecule has 6 heteroatoms. The van der Waals surface area contributed by atoms with Crippen LogP contribution in [0.1, 0.15) is 23.2 Å². The largest absolute Gasteiger partial charge is 0.415 e. The molecule has 0 spiro atoms. The van der Waals surface area contributed by atoms with Crippen molar-refractivity contribution in [2.45, 2.75) is 12.8 Å². The minimum atomic E-state index is -0.311. The summed E-state index contributed by atoms with van der Waals surface area (Å²) in [7, 11) is 3.90. The normalized spacial score (nSPS) is 14.4. The molecular formula is C22H27N3O3. The van der Waals surface area contributed by atoms with E-state index in [9.17, 15) is 9.59 Å². The highest BCUT2D eigenvalue weighted by Gasteiger charge is 2.24. The van der Waals surface area contributed by atoms with Crippen LogP contribution in [0.25, 0.3) is 0 Å². The molecule has 148 valence electrons. The van der Waals surface area contributed by atoms with E-state index in [1.54, 1.807) is 17.0 Å². The highest BCUT2D eigenvalue weighted by atomic mass is 16.6. The summed E-state index contributed by atoms with van der Waals surface area (Å²) in [4.78, 5) is 28.4. The number of benzene rings is 2. The van der Waals surface area contributed by atoms with Gasteiger partial charge in [-0.3, -0.25) is 4.79 Å². The molecule has 0 radical (unpaired) electrons. The second kappa shape index (κ2) is 9.26. The monoisotopic (exact) mass is 381 g/mol. The molecule has 1 aliphatic heterocycles. The van der Waals surface area contributed by atoms with Gasteiger partial charge in [0.1, 0.15) is 5.75 Å². The lowest BCUT2D eigenvalue weighted by Crippen LogP contribution is -2.42. The predicted octanol–water partition coefficient (Wildman–Crippen LogP) is 3.39. The van der Waals surface area contributed by atoms with Crippen molar-refractivity contribution in [2.24, 2.45) is 5.92 Å². The quantitative estimate of drug-likeness (QED) is 0.862. The Morgan fingerprint density at radius 1 is 1.07 bits per heavy atom. The number of likely N-dealkylation sites (tertiary alicyclic amines) is 1. The maximum absolute atomic E-state index is 12.4. The first-order valence-electron chi connectivity index (χ1n) is 9.60. The lowest BCUT2D eigenvalue weighted by atomic mass is 9.97. The molecule has 0 bridgehead atoms. The molecule has 0 atom stereocenters. The van der Waals surface area contributed by atoms with Crippen molar-refractivity contribution in [3.05, 3.63) is 60.2 Å². The van der Waals surface area contributed by atoms with Crippen molar-refractivity contribution in [1.29, 1.82) is 0 Å². The Kier molecular flexibility index (Phi) is 6.53. The fraction of sp³-hybridized carbons (Fsp3) is 0.364. The zero-order chi connectivity index (χ0) is 19.9. The molecule has 28 heavy (non-hydrogen) atoms. The molecule has 0 aromatic heterocycles. The third kappa shape index (κ3) is 5.25. The van der Waals surface area contributed by atoms with Crippen LogP contribution >= 0.6 is 0 Å². The van der Waals surface area contributed by atoms with Crippen LogP contribution in [-0.2, 0) is 0 Å². The molecule has 1 fully saturated rings. The smallest absolute Gasteiger partial charge is 0.410 e. The number of amides is 2. The summed E-state index contributed by atoms with van der Waals surface area (Å²) in [6, 6.07) is 16.7. The number of hydrogen-bond acceptors (Lipinski definition) is 4. The Labute approximate surface area is 166 Å². The molecule has 1 saturated heterocycles. The van der Waals surface area contributed by atoms with E-state index in [4.69, 9.17) is 4.74 Å². The van der Waals surface area contributed by atoms with Gasteiger partial charge in [-0.15, -0.1) is 0 Å². The van der Waals surface area contributed by atoms with Gasteiger partial charge in [-0.2, -0.15) is 0 Å². The topological polar surface area (TPSA) is 61.9 Å². The molecular weight excluding hydrogens is 354 g/mol. The molecule has 2 amide bonds. The number of anilines is 1. The van der Waals surface area contributed by atoms with E-state index in [1.165, 1.54) is 0 Å². The van der Waals surface area contributed by atoms with Crippen molar-refractivity contribution < 1.29 is 14.3 Å². The summed E-state index contributed by atoms with van der Waals surface area (Å²) in [6.45, 7) is 1.90. The summed E-state index contributed by atoms with van der Waals surface area (Å²) in [5.41, 5.74) is 1.66. The minimum absolute atomic E-state index is 0.0605. The maximum atomic E-state index is 12.4. The zero-order valence-electron chi connectivity index (χ0n) is 16.4. The Hall–Kier alpha value is -3.02. The minimum Gasteiger partial charge on any atom is -0.410 e. The molecule has 0 saturated carbocycles. The molecule has 2 aromatic rings. The average molecular weight is 381 g/mol. The van der Waals surface area contributed by atoms with Crippen molar-refractivity contribution in [2.75, 3.05) is 38.6 Å². The van der Waals surface area contributed by atoms with Crippen LogP contribution in [0.15, 0.2) is 54.6 Å². The van der Waals surface area contributed by atoms with Crippen LogP contribution in [0.5, 0.6) is 5.75 Å². The van der Waals surface area contributed by atoms with E-state index in [2.05, 4.69) is 5.32 Å². The Bertz CT molecular complexity index is 800. The summed E-state index contributed by atoms with van der Waals surface area (Å²) >= 11 is 0. The summed E-state index contributed by atoms with van der Waals surface area (Å²) in [5.74, 6) is 0.859. The van der Waals surface area contributed by atoms with Crippen molar-refractivity contribution in [3.63, 3.8) is 0 Å². The van der Waals surface area contributed by atoms with Gasteiger partial charge in [0.05, 0.1) is 0 Å². The average Bonchev–Trinajstić information content (AvgIpc) is 2.73. The zero-order valence-corrected chi connectivity index (χ0v) is 16.4. The van der Waals surface area contributed by atoms with Crippen molar-refractivity contribution >= 4 is 17.7 Å². The van der Waals surface area contributed by atoms with Crippen LogP contribution in [0, 0.1) is 5.92 Å². The summed E-state index contributed by atoms with van der Waals surface area (Å²) < 4.78 is 5.39. The first kappa shape index (κ1) is 19.7. The van der Waals surface area contributed by atoms with Gasteiger partial charge in [0.15, 0.2) is 0 Å². The molecule has 1 heterocycles. The summed E-state index contributed by atoms with van der Waals surface area (Å²) in [6.07, 6.45) is 1.39. The van der Waals surface area contributed by atoms with Gasteiger partial charge < -0.3 is 19.9 Å². The Balaban J connectivity index is 1.43. The van der Waals surface area contributed by atoms with Gasteiger partial charge in [0, 0.05) is 45.0 Å². The van der Waals surface area contributed by atoms with Gasteiger partial charge in [-0.1, -0.05) is 24.3 Å². The number of hydrogen-bond donors (Lipinski definition) is 1. The Morgan fingerprint density at radius 2 is 1.79 bits per heavy atom. The van der Waals surface area contributed by atoms with Crippen LogP contribution < -0.4 is 15.0 Å². The number of rotatable bonds is 5. The van der Waals surface area contributed by atoms with Crippen LogP contribution in [-0.4, -0.2) is 50.6 Å². The van der Waals surface area contributed by atoms with Gasteiger partial charge in [-0.25, -0.2) is 4.79 Å². The third-order valence-electron chi connectivity index (χ3n) is 5.00. The van der Waals surface area contributed by atoms with E-state index < -0.39 is 0 Å². The fourth-order valence-electron chi connectivity index (χ4n) is 3.24. The standard InChI is InChI=1S/C22H27N3O3/c1-24(2)19-8-6-7-18(15-19)21(26)23-16-17-11-13-25(14-12-17)22(27)28-20-9-4-3-5-10-20/h3-10,15,17H,11-14,16H2,1-2H3,(H,23,26). The van der Waals surface area contributed by atoms with Crippen LogP contribution in [0.2, 0.25) is 0 Å². The van der Waals surface area contributed by atoms with E-state index in [0.29, 0.717) is 36.9 Å². The van der Waals surface area contributed by atoms with Gasteiger partial charge in [0.2, 0.25) is 0 Å². The lowest BCUT2D eigenvalue weighted by molar-refractivity contribution is 0.0931. The Morgan fingerprint density at radius 3 is 2.46 bits per heavy atom. The molecule has 0 aliphatic carbocycles. The summed E-state index contributed by atoms with van der Waals surface area (Å²) in [5, 5.41) is 3.03. The first-order chi connectivity index (χ1) is 13.5. The van der Waals surface area contributed by atoms with E-state index in [-0.39, 0.29) is 12.0 Å². The van der Waals surface area contributed by atoms with E-state index >= 15 is 0 Å². The van der Waals surface area contributed by atoms with Gasteiger partial charge in [0.25, 0.3) is 5.91 Å². The van der Waals surface area contributed by atoms with E-state index in [1.807, 2.05) is 61.5 Å². The number of nitrogens with one attached hydrogen (secondary N) is 1.